The first-order valence-electron chi connectivity index (χ1n) is 11.1. The van der Waals surface area contributed by atoms with Crippen LogP contribution in [0.2, 0.25) is 0 Å². The lowest BCUT2D eigenvalue weighted by molar-refractivity contribution is 0.100. The van der Waals surface area contributed by atoms with E-state index in [2.05, 4.69) is 4.99 Å². The second-order valence-electron chi connectivity index (χ2n) is 7.59. The van der Waals surface area contributed by atoms with Gasteiger partial charge in [-0.05, 0) is 47.5 Å². The third-order valence-corrected chi connectivity index (χ3v) is 5.41. The molecule has 2 N–H and O–H groups in total. The first-order valence-corrected chi connectivity index (χ1v) is 11.1. The number of nitrogen functional groups attached to an aromatic ring is 1. The Morgan fingerprint density at radius 3 is 1.83 bits per heavy atom. The maximum atomic E-state index is 12.5. The number of methoxy groups -OCH3 is 5. The second-order valence-corrected chi connectivity index (χ2v) is 7.59. The van der Waals surface area contributed by atoms with Gasteiger partial charge >= 0.3 is 0 Å². The number of carbonyl (C=O) groups excluding carboxylic acids is 1. The molecular weight excluding hydrogens is 460 g/mol. The fourth-order valence-electron chi connectivity index (χ4n) is 3.63. The van der Waals surface area contributed by atoms with Crippen LogP contribution >= 0.6 is 0 Å². The number of para-hydroxylation sites is 1. The highest BCUT2D eigenvalue weighted by Gasteiger charge is 2.14. The van der Waals surface area contributed by atoms with Crippen LogP contribution in [-0.2, 0) is 0 Å². The van der Waals surface area contributed by atoms with Crippen LogP contribution in [0.1, 0.15) is 27.9 Å². The van der Waals surface area contributed by atoms with Crippen molar-refractivity contribution in [3.05, 3.63) is 65.2 Å². The summed E-state index contributed by atoms with van der Waals surface area (Å²) in [5.74, 6) is 2.48. The summed E-state index contributed by atoms with van der Waals surface area (Å²) in [4.78, 5) is 17.0. The van der Waals surface area contributed by atoms with Gasteiger partial charge in [-0.2, -0.15) is 0 Å². The minimum atomic E-state index is -0.124. The Morgan fingerprint density at radius 2 is 1.31 bits per heavy atom. The van der Waals surface area contributed by atoms with Gasteiger partial charge < -0.3 is 29.4 Å². The normalized spacial score (nSPS) is 11.0. The number of anilines is 1. The Balaban J connectivity index is 1.91. The van der Waals surface area contributed by atoms with Crippen molar-refractivity contribution < 1.29 is 28.5 Å². The van der Waals surface area contributed by atoms with Crippen molar-refractivity contribution in [2.24, 2.45) is 4.99 Å². The van der Waals surface area contributed by atoms with Gasteiger partial charge in [-0.1, -0.05) is 24.3 Å². The van der Waals surface area contributed by atoms with E-state index in [4.69, 9.17) is 29.4 Å². The maximum Gasteiger partial charge on any atom is 0.203 e. The van der Waals surface area contributed by atoms with Gasteiger partial charge in [0.1, 0.15) is 5.69 Å². The molecule has 0 radical (unpaired) electrons. The summed E-state index contributed by atoms with van der Waals surface area (Å²) in [5, 5.41) is 0. The van der Waals surface area contributed by atoms with Crippen LogP contribution in [0.15, 0.2) is 53.5 Å². The van der Waals surface area contributed by atoms with Crippen molar-refractivity contribution in [2.45, 2.75) is 6.42 Å². The van der Waals surface area contributed by atoms with Crippen LogP contribution < -0.4 is 29.4 Å². The number of hydrogen-bond donors (Lipinski definition) is 1. The quantitative estimate of drug-likeness (QED) is 0.165. The molecule has 3 aromatic carbocycles. The molecule has 0 aromatic heterocycles. The van der Waals surface area contributed by atoms with Gasteiger partial charge in [0.2, 0.25) is 5.75 Å². The Labute approximate surface area is 210 Å². The number of ketones is 1. The first kappa shape index (κ1) is 26.2. The Morgan fingerprint density at radius 1 is 0.778 bits per heavy atom. The molecule has 0 atom stereocenters. The molecule has 3 rings (SSSR count). The highest BCUT2D eigenvalue weighted by Crippen LogP contribution is 2.40. The van der Waals surface area contributed by atoms with Crippen LogP contribution in [0.4, 0.5) is 11.4 Å². The number of aliphatic imine (C=N–C) groups is 1. The predicted octanol–water partition coefficient (Wildman–Crippen LogP) is 5.46. The van der Waals surface area contributed by atoms with Gasteiger partial charge in [0.25, 0.3) is 0 Å². The fraction of sp³-hybridized carbons (Fsp3) is 0.214. The Kier molecular flexibility index (Phi) is 8.94. The van der Waals surface area contributed by atoms with E-state index >= 15 is 0 Å². The average Bonchev–Trinajstić information content (AvgIpc) is 2.90. The molecule has 0 amide bonds. The number of nitrogens with zero attached hydrogens (tertiary/aromatic N) is 1. The number of rotatable bonds is 11. The third kappa shape index (κ3) is 5.96. The van der Waals surface area contributed by atoms with E-state index in [0.717, 1.165) is 11.1 Å². The summed E-state index contributed by atoms with van der Waals surface area (Å²) >= 11 is 0. The Hall–Kier alpha value is -4.46. The van der Waals surface area contributed by atoms with Crippen LogP contribution in [0.5, 0.6) is 28.7 Å². The molecule has 8 heteroatoms. The minimum Gasteiger partial charge on any atom is -0.493 e. The van der Waals surface area contributed by atoms with Gasteiger partial charge in [0, 0.05) is 23.9 Å². The lowest BCUT2D eigenvalue weighted by Gasteiger charge is -2.13. The fourth-order valence-corrected chi connectivity index (χ4v) is 3.63. The topological polar surface area (TPSA) is 102 Å². The number of ether oxygens (including phenoxy) is 5. The lowest BCUT2D eigenvalue weighted by Crippen LogP contribution is -2.03. The summed E-state index contributed by atoms with van der Waals surface area (Å²) in [6.45, 7) is 0. The zero-order chi connectivity index (χ0) is 26.1. The molecule has 0 aliphatic rings. The summed E-state index contributed by atoms with van der Waals surface area (Å²) in [6.07, 6.45) is 5.43. The van der Waals surface area contributed by atoms with E-state index in [9.17, 15) is 4.79 Å². The first-order chi connectivity index (χ1) is 17.4. The molecule has 0 aliphatic heterocycles. The monoisotopic (exact) mass is 490 g/mol. The zero-order valence-electron chi connectivity index (χ0n) is 21.0. The summed E-state index contributed by atoms with van der Waals surface area (Å²) in [6, 6.07) is 14.3. The summed E-state index contributed by atoms with van der Waals surface area (Å²) in [7, 11) is 7.79. The molecule has 0 heterocycles. The molecular formula is C28H30N2O6. The molecule has 0 spiro atoms. The molecule has 0 fully saturated rings. The number of Topliss-reactive ketones (excluding diaryl/α,β-unsaturated/α-hetero) is 1. The smallest absolute Gasteiger partial charge is 0.203 e. The molecule has 36 heavy (non-hydrogen) atoms. The third-order valence-electron chi connectivity index (χ3n) is 5.41. The van der Waals surface area contributed by atoms with Gasteiger partial charge in [-0.15, -0.1) is 0 Å². The Bertz CT molecular complexity index is 1260. The van der Waals surface area contributed by atoms with Gasteiger partial charge in [-0.25, -0.2) is 0 Å². The number of nitrogens with two attached hydrogens (primary N) is 1. The van der Waals surface area contributed by atoms with Crippen molar-refractivity contribution in [3.8, 4) is 28.7 Å². The van der Waals surface area contributed by atoms with E-state index < -0.39 is 0 Å². The average molecular weight is 491 g/mol. The van der Waals surface area contributed by atoms with Crippen molar-refractivity contribution in [2.75, 3.05) is 41.3 Å². The van der Waals surface area contributed by atoms with Crippen molar-refractivity contribution >= 4 is 35.5 Å². The molecule has 0 saturated heterocycles. The molecule has 8 nitrogen and oxygen atoms in total. The van der Waals surface area contributed by atoms with Crippen LogP contribution in [0.25, 0.3) is 12.2 Å². The molecule has 0 aliphatic carbocycles. The number of carbonyl (C=O) groups is 1. The summed E-state index contributed by atoms with van der Waals surface area (Å²) < 4.78 is 27.3. The molecule has 0 saturated carbocycles. The molecule has 3 aromatic rings. The minimum absolute atomic E-state index is 0.0885. The van der Waals surface area contributed by atoms with E-state index in [-0.39, 0.29) is 12.2 Å². The van der Waals surface area contributed by atoms with E-state index in [1.165, 1.54) is 7.11 Å². The number of benzene rings is 3. The SMILES string of the molecule is COc1cc(/C=C\c2cc(OC)c(OC)c(OC)c2)cc(N=CCC(=O)c2ccccc2N)c1OC. The highest BCUT2D eigenvalue weighted by molar-refractivity contribution is 6.07. The summed E-state index contributed by atoms with van der Waals surface area (Å²) in [5.41, 5.74) is 9.00. The van der Waals surface area contributed by atoms with Crippen molar-refractivity contribution in [3.63, 3.8) is 0 Å². The van der Waals surface area contributed by atoms with E-state index in [0.29, 0.717) is 45.7 Å². The van der Waals surface area contributed by atoms with Crippen LogP contribution in [0.3, 0.4) is 0 Å². The van der Waals surface area contributed by atoms with Gasteiger partial charge in [0.05, 0.1) is 35.5 Å². The van der Waals surface area contributed by atoms with Crippen LogP contribution in [-0.4, -0.2) is 47.5 Å². The van der Waals surface area contributed by atoms with Gasteiger partial charge in [0.15, 0.2) is 28.8 Å². The maximum absolute atomic E-state index is 12.5. The highest BCUT2D eigenvalue weighted by atomic mass is 16.5. The number of hydrogen-bond acceptors (Lipinski definition) is 8. The van der Waals surface area contributed by atoms with Crippen molar-refractivity contribution in [1.82, 2.24) is 0 Å². The second kappa shape index (κ2) is 12.3. The predicted molar refractivity (Wildman–Crippen MR) is 143 cm³/mol. The molecule has 188 valence electrons. The van der Waals surface area contributed by atoms with Crippen LogP contribution in [0, 0.1) is 0 Å². The van der Waals surface area contributed by atoms with E-state index in [1.807, 2.05) is 36.4 Å². The van der Waals surface area contributed by atoms with Gasteiger partial charge in [-0.3, -0.25) is 9.79 Å². The zero-order valence-corrected chi connectivity index (χ0v) is 21.0. The largest absolute Gasteiger partial charge is 0.493 e. The lowest BCUT2D eigenvalue weighted by atomic mass is 10.1. The molecule has 0 unspecified atom stereocenters. The van der Waals surface area contributed by atoms with E-state index in [1.54, 1.807) is 58.9 Å². The molecule has 0 bridgehead atoms. The van der Waals surface area contributed by atoms with Crippen molar-refractivity contribution in [1.29, 1.82) is 0 Å². The standard InChI is InChI=1S/C28H30N2O6/c1-32-24-15-18(10-11-19-16-25(33-2)28(36-5)26(17-19)34-3)14-22(27(24)35-4)30-13-12-23(31)20-8-6-7-9-21(20)29/h6-11,13-17H,12,29H2,1-5H3/b11-10-,30-13?.